The summed E-state index contributed by atoms with van der Waals surface area (Å²) < 4.78 is 0. The number of nitrogens with zero attached hydrogens (tertiary/aromatic N) is 1. The Labute approximate surface area is 162 Å². The summed E-state index contributed by atoms with van der Waals surface area (Å²) in [5, 5.41) is 19.9. The van der Waals surface area contributed by atoms with Crippen LogP contribution in [0.3, 0.4) is 0 Å². The minimum atomic E-state index is 0.105. The van der Waals surface area contributed by atoms with Crippen LogP contribution in [0.1, 0.15) is 43.2 Å². The number of benzene rings is 2. The van der Waals surface area contributed by atoms with Gasteiger partial charge in [-0.2, -0.15) is 0 Å². The largest absolute Gasteiger partial charge is 0.508 e. The molecule has 0 aromatic heterocycles. The standard InChI is InChI=1S/C24H31NO2/c26-17-12-22-23-10-5-13-24(22,20-8-4-9-21(27)18-20)14-16-25(23)15-11-19-6-2-1-3-7-19/h1-4,6-9,18,22-23,26-27H,5,10-17H2. The number of rotatable bonds is 6. The summed E-state index contributed by atoms with van der Waals surface area (Å²) in [6.45, 7) is 2.44. The normalized spacial score (nSPS) is 28.2. The van der Waals surface area contributed by atoms with Crippen molar-refractivity contribution in [3.8, 4) is 5.75 Å². The third-order valence-corrected chi connectivity index (χ3v) is 7.00. The molecule has 3 unspecified atom stereocenters. The van der Waals surface area contributed by atoms with Crippen LogP contribution in [0.15, 0.2) is 54.6 Å². The molecule has 2 aromatic rings. The molecule has 1 aliphatic carbocycles. The van der Waals surface area contributed by atoms with Crippen LogP contribution in [-0.2, 0) is 11.8 Å². The van der Waals surface area contributed by atoms with Gasteiger partial charge in [-0.05, 0) is 67.8 Å². The smallest absolute Gasteiger partial charge is 0.115 e. The van der Waals surface area contributed by atoms with Crippen LogP contribution in [0.5, 0.6) is 5.75 Å². The molecule has 0 radical (unpaired) electrons. The fourth-order valence-corrected chi connectivity index (χ4v) is 5.76. The van der Waals surface area contributed by atoms with Crippen LogP contribution in [-0.4, -0.2) is 40.9 Å². The Morgan fingerprint density at radius 1 is 1.04 bits per heavy atom. The van der Waals surface area contributed by atoms with Crippen LogP contribution in [0.4, 0.5) is 0 Å². The summed E-state index contributed by atoms with van der Waals surface area (Å²) in [5.74, 6) is 0.820. The number of aliphatic hydroxyl groups excluding tert-OH is 1. The molecule has 2 aromatic carbocycles. The van der Waals surface area contributed by atoms with Gasteiger partial charge in [-0.1, -0.05) is 48.9 Å². The van der Waals surface area contributed by atoms with Crippen molar-refractivity contribution in [3.63, 3.8) is 0 Å². The van der Waals surface area contributed by atoms with E-state index in [4.69, 9.17) is 0 Å². The Bertz CT molecular complexity index is 747. The minimum absolute atomic E-state index is 0.105. The maximum absolute atomic E-state index is 10.1. The lowest BCUT2D eigenvalue weighted by molar-refractivity contribution is -0.0220. The zero-order valence-corrected chi connectivity index (χ0v) is 16.1. The average Bonchev–Trinajstić information content (AvgIpc) is 2.69. The SMILES string of the molecule is OCCC1C2CCCC1(c1cccc(O)c1)CCN2CCc1ccccc1. The summed E-state index contributed by atoms with van der Waals surface area (Å²) in [6.07, 6.45) is 6.67. The summed E-state index contributed by atoms with van der Waals surface area (Å²) in [4.78, 5) is 2.67. The molecule has 2 aliphatic rings. The van der Waals surface area contributed by atoms with Gasteiger partial charge in [0.2, 0.25) is 0 Å². The number of likely N-dealkylation sites (tertiary alicyclic amines) is 1. The molecule has 0 amide bonds. The van der Waals surface area contributed by atoms with E-state index in [0.717, 1.165) is 32.4 Å². The molecule has 2 bridgehead atoms. The van der Waals surface area contributed by atoms with Gasteiger partial charge in [0.1, 0.15) is 5.75 Å². The third kappa shape index (κ3) is 3.63. The molecule has 3 nitrogen and oxygen atoms in total. The highest BCUT2D eigenvalue weighted by molar-refractivity contribution is 5.35. The molecule has 1 saturated heterocycles. The van der Waals surface area contributed by atoms with E-state index in [1.165, 1.54) is 30.4 Å². The first-order valence-corrected chi connectivity index (χ1v) is 10.4. The molecule has 1 heterocycles. The lowest BCUT2D eigenvalue weighted by Gasteiger charge is -2.57. The van der Waals surface area contributed by atoms with Gasteiger partial charge in [0.05, 0.1) is 0 Å². The Balaban J connectivity index is 1.57. The van der Waals surface area contributed by atoms with Crippen LogP contribution in [0, 0.1) is 5.92 Å². The predicted molar refractivity (Wildman–Crippen MR) is 109 cm³/mol. The number of fused-ring (bicyclic) bond motifs is 2. The molecule has 3 heteroatoms. The Morgan fingerprint density at radius 3 is 2.67 bits per heavy atom. The van der Waals surface area contributed by atoms with Crippen molar-refractivity contribution in [2.45, 2.75) is 50.0 Å². The molecule has 1 saturated carbocycles. The molecule has 1 aliphatic heterocycles. The Hall–Kier alpha value is -1.84. The van der Waals surface area contributed by atoms with E-state index in [0.29, 0.717) is 17.7 Å². The molecule has 2 fully saturated rings. The van der Waals surface area contributed by atoms with Crippen molar-refractivity contribution in [1.29, 1.82) is 0 Å². The highest BCUT2D eigenvalue weighted by Crippen LogP contribution is 2.52. The first-order valence-electron chi connectivity index (χ1n) is 10.4. The number of phenols is 1. The lowest BCUT2D eigenvalue weighted by Crippen LogP contribution is -2.59. The highest BCUT2D eigenvalue weighted by atomic mass is 16.3. The quantitative estimate of drug-likeness (QED) is 0.809. The number of piperidine rings is 1. The van der Waals surface area contributed by atoms with Gasteiger partial charge in [0.25, 0.3) is 0 Å². The number of aromatic hydroxyl groups is 1. The average molecular weight is 366 g/mol. The zero-order chi connectivity index (χ0) is 18.7. The number of phenolic OH excluding ortho intramolecular Hbond substituents is 1. The molecule has 3 atom stereocenters. The second-order valence-corrected chi connectivity index (χ2v) is 8.31. The van der Waals surface area contributed by atoms with Crippen molar-refractivity contribution in [3.05, 3.63) is 65.7 Å². The lowest BCUT2D eigenvalue weighted by atomic mass is 9.56. The number of hydrogen-bond donors (Lipinski definition) is 2. The fraction of sp³-hybridized carbons (Fsp3) is 0.500. The minimum Gasteiger partial charge on any atom is -0.508 e. The Kier molecular flexibility index (Phi) is 5.51. The van der Waals surface area contributed by atoms with Crippen LogP contribution < -0.4 is 0 Å². The van der Waals surface area contributed by atoms with E-state index < -0.39 is 0 Å². The second-order valence-electron chi connectivity index (χ2n) is 8.31. The predicted octanol–water partition coefficient (Wildman–Crippen LogP) is 4.13. The molecule has 0 spiro atoms. The monoisotopic (exact) mass is 365 g/mol. The first-order chi connectivity index (χ1) is 13.2. The van der Waals surface area contributed by atoms with Gasteiger partial charge < -0.3 is 10.2 Å². The maximum atomic E-state index is 10.1. The topological polar surface area (TPSA) is 43.7 Å². The van der Waals surface area contributed by atoms with E-state index in [1.807, 2.05) is 12.1 Å². The zero-order valence-electron chi connectivity index (χ0n) is 16.1. The molecule has 144 valence electrons. The van der Waals surface area contributed by atoms with E-state index in [1.54, 1.807) is 6.07 Å². The molecular formula is C24H31NO2. The molecular weight excluding hydrogens is 334 g/mol. The van der Waals surface area contributed by atoms with Gasteiger partial charge in [-0.3, -0.25) is 4.90 Å². The Morgan fingerprint density at radius 2 is 1.89 bits per heavy atom. The first kappa shape index (κ1) is 18.5. The van der Waals surface area contributed by atoms with E-state index in [9.17, 15) is 10.2 Å². The van der Waals surface area contributed by atoms with Crippen molar-refractivity contribution in [2.75, 3.05) is 19.7 Å². The second kappa shape index (κ2) is 8.04. The summed E-state index contributed by atoms with van der Waals surface area (Å²) >= 11 is 0. The molecule has 2 N–H and O–H groups in total. The van der Waals surface area contributed by atoms with Gasteiger partial charge in [-0.15, -0.1) is 0 Å². The highest BCUT2D eigenvalue weighted by Gasteiger charge is 2.50. The van der Waals surface area contributed by atoms with Crippen LogP contribution in [0.25, 0.3) is 0 Å². The van der Waals surface area contributed by atoms with E-state index in [-0.39, 0.29) is 12.0 Å². The molecule has 4 rings (SSSR count). The van der Waals surface area contributed by atoms with Crippen LogP contribution >= 0.6 is 0 Å². The molecule has 27 heavy (non-hydrogen) atoms. The van der Waals surface area contributed by atoms with Gasteiger partial charge in [0, 0.05) is 24.6 Å². The van der Waals surface area contributed by atoms with Gasteiger partial charge >= 0.3 is 0 Å². The van der Waals surface area contributed by atoms with Crippen molar-refractivity contribution < 1.29 is 10.2 Å². The fourth-order valence-electron chi connectivity index (χ4n) is 5.76. The number of hydrogen-bond acceptors (Lipinski definition) is 3. The van der Waals surface area contributed by atoms with Gasteiger partial charge in [-0.25, -0.2) is 0 Å². The summed E-state index contributed by atoms with van der Waals surface area (Å²) in [6, 6.07) is 19.2. The van der Waals surface area contributed by atoms with Crippen molar-refractivity contribution >= 4 is 0 Å². The number of aliphatic hydroxyl groups is 1. The maximum Gasteiger partial charge on any atom is 0.115 e. The van der Waals surface area contributed by atoms with E-state index >= 15 is 0 Å². The van der Waals surface area contributed by atoms with Crippen molar-refractivity contribution in [2.24, 2.45) is 5.92 Å². The summed E-state index contributed by atoms with van der Waals surface area (Å²) in [7, 11) is 0. The van der Waals surface area contributed by atoms with Crippen LogP contribution in [0.2, 0.25) is 0 Å². The third-order valence-electron chi connectivity index (χ3n) is 7.00. The van der Waals surface area contributed by atoms with Gasteiger partial charge in [0.15, 0.2) is 0 Å². The summed E-state index contributed by atoms with van der Waals surface area (Å²) in [5.41, 5.74) is 2.78. The van der Waals surface area contributed by atoms with E-state index in [2.05, 4.69) is 41.3 Å². The van der Waals surface area contributed by atoms with Crippen molar-refractivity contribution in [1.82, 2.24) is 4.90 Å².